The average Bonchev–Trinajstić information content (AvgIpc) is 3.31. The molecule has 0 spiro atoms. The molecule has 7 heteroatoms. The number of amides is 2. The Morgan fingerprint density at radius 2 is 2.16 bits per heavy atom. The first-order valence-corrected chi connectivity index (χ1v) is 8.25. The molecule has 0 radical (unpaired) electrons. The molecule has 1 aliphatic rings. The summed E-state index contributed by atoms with van der Waals surface area (Å²) in [6.45, 7) is 0.811. The van der Waals surface area contributed by atoms with E-state index in [-0.39, 0.29) is 24.2 Å². The first-order valence-electron chi connectivity index (χ1n) is 8.25. The van der Waals surface area contributed by atoms with Gasteiger partial charge in [0.05, 0.1) is 18.0 Å². The second-order valence-corrected chi connectivity index (χ2v) is 6.33. The summed E-state index contributed by atoms with van der Waals surface area (Å²) in [4.78, 5) is 26.5. The highest BCUT2D eigenvalue weighted by Gasteiger charge is 2.36. The molecule has 3 heterocycles. The Kier molecular flexibility index (Phi) is 3.76. The van der Waals surface area contributed by atoms with Crippen LogP contribution in [-0.2, 0) is 23.2 Å². The van der Waals surface area contributed by atoms with Crippen LogP contribution in [0.25, 0.3) is 10.9 Å². The largest absolute Gasteiger partial charge is 0.353 e. The molecule has 2 aromatic heterocycles. The third-order valence-electron chi connectivity index (χ3n) is 4.70. The van der Waals surface area contributed by atoms with Crippen LogP contribution in [0.5, 0.6) is 0 Å². The Bertz CT molecular complexity index is 942. The Morgan fingerprint density at radius 1 is 1.32 bits per heavy atom. The number of anilines is 1. The zero-order chi connectivity index (χ0) is 17.4. The molecule has 2 N–H and O–H groups in total. The van der Waals surface area contributed by atoms with E-state index in [1.165, 1.54) is 0 Å². The highest BCUT2D eigenvalue weighted by Crippen LogP contribution is 2.29. The molecule has 1 aromatic carbocycles. The SMILES string of the molecule is Cn1cccc1CNC(=O)[C@@H]1CC(=O)N(c2n[nH]c3ccccc23)C1. The fraction of sp³-hybridized carbons (Fsp3) is 0.278. The van der Waals surface area contributed by atoms with Gasteiger partial charge in [-0.1, -0.05) is 12.1 Å². The lowest BCUT2D eigenvalue weighted by Crippen LogP contribution is -2.33. The number of benzene rings is 1. The number of carbonyl (C=O) groups excluding carboxylic acids is 2. The van der Waals surface area contributed by atoms with Crippen LogP contribution >= 0.6 is 0 Å². The van der Waals surface area contributed by atoms with Gasteiger partial charge in [-0.15, -0.1) is 0 Å². The number of aromatic nitrogens is 3. The van der Waals surface area contributed by atoms with Crippen molar-refractivity contribution in [3.8, 4) is 0 Å². The summed E-state index contributed by atoms with van der Waals surface area (Å²) in [5.41, 5.74) is 1.90. The van der Waals surface area contributed by atoms with Crippen molar-refractivity contribution in [2.75, 3.05) is 11.4 Å². The van der Waals surface area contributed by atoms with Crippen molar-refractivity contribution in [2.24, 2.45) is 13.0 Å². The number of fused-ring (bicyclic) bond motifs is 1. The lowest BCUT2D eigenvalue weighted by atomic mass is 10.1. The van der Waals surface area contributed by atoms with Gasteiger partial charge in [0.1, 0.15) is 0 Å². The normalized spacial score (nSPS) is 17.4. The van der Waals surface area contributed by atoms with Gasteiger partial charge in [-0.05, 0) is 24.3 Å². The molecule has 1 saturated heterocycles. The average molecular weight is 337 g/mol. The topological polar surface area (TPSA) is 83.0 Å². The molecule has 2 amide bonds. The highest BCUT2D eigenvalue weighted by molar-refractivity contribution is 6.05. The van der Waals surface area contributed by atoms with Gasteiger partial charge in [0.2, 0.25) is 11.8 Å². The van der Waals surface area contributed by atoms with Crippen LogP contribution in [0.15, 0.2) is 42.6 Å². The number of rotatable bonds is 4. The van der Waals surface area contributed by atoms with E-state index in [4.69, 9.17) is 0 Å². The van der Waals surface area contributed by atoms with Crippen molar-refractivity contribution >= 4 is 28.5 Å². The van der Waals surface area contributed by atoms with Crippen molar-refractivity contribution < 1.29 is 9.59 Å². The second-order valence-electron chi connectivity index (χ2n) is 6.33. The van der Waals surface area contributed by atoms with E-state index in [0.717, 1.165) is 16.6 Å². The number of aryl methyl sites for hydroxylation is 1. The van der Waals surface area contributed by atoms with Crippen molar-refractivity contribution in [3.05, 3.63) is 48.3 Å². The lowest BCUT2D eigenvalue weighted by molar-refractivity contribution is -0.126. The molecule has 1 atom stereocenters. The smallest absolute Gasteiger partial charge is 0.229 e. The zero-order valence-corrected chi connectivity index (χ0v) is 13.9. The molecule has 4 rings (SSSR count). The number of H-pyrrole nitrogens is 1. The van der Waals surface area contributed by atoms with Crippen LogP contribution in [0.1, 0.15) is 12.1 Å². The van der Waals surface area contributed by atoms with Crippen molar-refractivity contribution in [3.63, 3.8) is 0 Å². The summed E-state index contributed by atoms with van der Waals surface area (Å²) in [5.74, 6) is 0.0646. The van der Waals surface area contributed by atoms with E-state index in [9.17, 15) is 9.59 Å². The van der Waals surface area contributed by atoms with E-state index >= 15 is 0 Å². The van der Waals surface area contributed by atoms with Gasteiger partial charge in [-0.3, -0.25) is 19.6 Å². The minimum absolute atomic E-state index is 0.0729. The van der Waals surface area contributed by atoms with Gasteiger partial charge >= 0.3 is 0 Å². The van der Waals surface area contributed by atoms with E-state index in [1.807, 2.05) is 54.2 Å². The third-order valence-corrected chi connectivity index (χ3v) is 4.70. The lowest BCUT2D eigenvalue weighted by Gasteiger charge is -2.14. The maximum atomic E-state index is 12.4. The van der Waals surface area contributed by atoms with E-state index in [0.29, 0.717) is 18.9 Å². The van der Waals surface area contributed by atoms with Gasteiger partial charge in [-0.2, -0.15) is 5.10 Å². The number of para-hydroxylation sites is 1. The van der Waals surface area contributed by atoms with Crippen LogP contribution in [-0.4, -0.2) is 33.1 Å². The van der Waals surface area contributed by atoms with Gasteiger partial charge in [0, 0.05) is 37.3 Å². The molecule has 1 aliphatic heterocycles. The van der Waals surface area contributed by atoms with Crippen LogP contribution in [0.2, 0.25) is 0 Å². The number of aromatic amines is 1. The first-order chi connectivity index (χ1) is 12.1. The summed E-state index contributed by atoms with van der Waals surface area (Å²) < 4.78 is 1.96. The van der Waals surface area contributed by atoms with Crippen LogP contribution in [0.4, 0.5) is 5.82 Å². The molecule has 0 bridgehead atoms. The predicted octanol–water partition coefficient (Wildman–Crippen LogP) is 1.57. The third kappa shape index (κ3) is 2.77. The van der Waals surface area contributed by atoms with Gasteiger partial charge in [0.15, 0.2) is 5.82 Å². The first kappa shape index (κ1) is 15.4. The summed E-state index contributed by atoms with van der Waals surface area (Å²) >= 11 is 0. The summed E-state index contributed by atoms with van der Waals surface area (Å²) in [6.07, 6.45) is 2.14. The van der Waals surface area contributed by atoms with Gasteiger partial charge in [0.25, 0.3) is 0 Å². The number of hydrogen-bond acceptors (Lipinski definition) is 3. The molecule has 3 aromatic rings. The van der Waals surface area contributed by atoms with Crippen LogP contribution in [0.3, 0.4) is 0 Å². The fourth-order valence-electron chi connectivity index (χ4n) is 3.24. The molecule has 128 valence electrons. The Morgan fingerprint density at radius 3 is 2.96 bits per heavy atom. The highest BCUT2D eigenvalue weighted by atomic mass is 16.2. The molecule has 0 saturated carbocycles. The van der Waals surface area contributed by atoms with Crippen molar-refractivity contribution in [1.29, 1.82) is 0 Å². The number of carbonyl (C=O) groups is 2. The van der Waals surface area contributed by atoms with Crippen molar-refractivity contribution in [1.82, 2.24) is 20.1 Å². The number of hydrogen-bond donors (Lipinski definition) is 2. The van der Waals surface area contributed by atoms with E-state index in [2.05, 4.69) is 15.5 Å². The maximum Gasteiger partial charge on any atom is 0.229 e. The molecule has 1 fully saturated rings. The van der Waals surface area contributed by atoms with E-state index in [1.54, 1.807) is 4.90 Å². The standard InChI is InChI=1S/C18H19N5O2/c1-22-8-4-5-13(22)10-19-18(25)12-9-16(24)23(11-12)17-14-6-2-3-7-15(14)20-21-17/h2-8,12H,9-11H2,1H3,(H,19,25)(H,20,21)/t12-/m1/s1. The number of nitrogens with zero attached hydrogens (tertiary/aromatic N) is 3. The zero-order valence-electron chi connectivity index (χ0n) is 13.9. The summed E-state index contributed by atoms with van der Waals surface area (Å²) in [7, 11) is 1.94. The summed E-state index contributed by atoms with van der Waals surface area (Å²) in [5, 5.41) is 11.0. The quantitative estimate of drug-likeness (QED) is 0.758. The number of nitrogens with one attached hydrogen (secondary N) is 2. The summed E-state index contributed by atoms with van der Waals surface area (Å²) in [6, 6.07) is 11.6. The van der Waals surface area contributed by atoms with Crippen LogP contribution in [0, 0.1) is 5.92 Å². The second kappa shape index (κ2) is 6.08. The minimum Gasteiger partial charge on any atom is -0.353 e. The molecule has 0 unspecified atom stereocenters. The van der Waals surface area contributed by atoms with Crippen LogP contribution < -0.4 is 10.2 Å². The molecule has 0 aliphatic carbocycles. The Labute approximate surface area is 144 Å². The Balaban J connectivity index is 1.46. The van der Waals surface area contributed by atoms with E-state index < -0.39 is 0 Å². The maximum absolute atomic E-state index is 12.4. The molecular weight excluding hydrogens is 318 g/mol. The fourth-order valence-corrected chi connectivity index (χ4v) is 3.24. The predicted molar refractivity (Wildman–Crippen MR) is 93.8 cm³/mol. The monoisotopic (exact) mass is 337 g/mol. The van der Waals surface area contributed by atoms with Gasteiger partial charge < -0.3 is 9.88 Å². The van der Waals surface area contributed by atoms with Crippen molar-refractivity contribution in [2.45, 2.75) is 13.0 Å². The Hall–Kier alpha value is -3.09. The molecule has 7 nitrogen and oxygen atoms in total. The minimum atomic E-state index is -0.358. The van der Waals surface area contributed by atoms with Gasteiger partial charge in [-0.25, -0.2) is 0 Å². The molecular formula is C18H19N5O2. The molecule has 25 heavy (non-hydrogen) atoms.